The van der Waals surface area contributed by atoms with Crippen molar-refractivity contribution >= 4 is 25.5 Å². The van der Waals surface area contributed by atoms with Crippen LogP contribution < -0.4 is 4.74 Å². The van der Waals surface area contributed by atoms with Crippen LogP contribution in [0.3, 0.4) is 0 Å². The van der Waals surface area contributed by atoms with Crippen LogP contribution in [0.15, 0.2) is 24.3 Å². The van der Waals surface area contributed by atoms with Crippen LogP contribution in [0, 0.1) is 0 Å². The summed E-state index contributed by atoms with van der Waals surface area (Å²) in [6.07, 6.45) is 0. The zero-order chi connectivity index (χ0) is 9.84. The van der Waals surface area contributed by atoms with Gasteiger partial charge in [0.2, 0.25) is 0 Å². The first-order chi connectivity index (χ1) is 6.15. The summed E-state index contributed by atoms with van der Waals surface area (Å²) in [5.74, 6) is 0.900. The van der Waals surface area contributed by atoms with E-state index in [4.69, 9.17) is 4.74 Å². The quantitative estimate of drug-likeness (QED) is 0.767. The second-order valence-corrected chi connectivity index (χ2v) is 4.03. The van der Waals surface area contributed by atoms with Gasteiger partial charge in [0.1, 0.15) is 0 Å². The number of ether oxygens (including phenoxy) is 1. The monoisotopic (exact) mass is 293 g/mol. The normalized spacial score (nSPS) is 9.46. The van der Waals surface area contributed by atoms with Gasteiger partial charge in [0, 0.05) is 0 Å². The predicted molar refractivity (Wildman–Crippen MR) is 56.5 cm³/mol. The van der Waals surface area contributed by atoms with Crippen molar-refractivity contribution in [1.29, 1.82) is 0 Å². The molecule has 0 aromatic heterocycles. The Bertz CT molecular complexity index is 292. The molecule has 0 spiro atoms. The minimum atomic E-state index is 0.900. The zero-order valence-corrected chi connectivity index (χ0v) is 10.4. The Morgan fingerprint density at radius 3 is 2.15 bits per heavy atom. The van der Waals surface area contributed by atoms with Crippen LogP contribution in [0.4, 0.5) is 0 Å². The third-order valence-electron chi connectivity index (χ3n) is 1.74. The second-order valence-electron chi connectivity index (χ2n) is 2.93. The van der Waals surface area contributed by atoms with E-state index in [1.807, 2.05) is 48.1 Å². The Balaban J connectivity index is 2.86. The molecule has 0 heterocycles. The number of methoxy groups -OCH3 is 1. The molecule has 0 aliphatic heterocycles. The SMILES string of the molecule is COc1ccc(C(=[Te])N(C)C)cc1. The molecule has 0 atom stereocenters. The summed E-state index contributed by atoms with van der Waals surface area (Å²) in [5.41, 5.74) is 1.23. The standard InChI is InChI=1S/C10H13NOTe/c1-11(2)10(13)8-4-6-9(12-3)7-5-8/h4-7H,1-3H3. The van der Waals surface area contributed by atoms with Crippen molar-refractivity contribution in [2.75, 3.05) is 21.2 Å². The van der Waals surface area contributed by atoms with Gasteiger partial charge in [-0.3, -0.25) is 0 Å². The molecule has 0 aliphatic rings. The summed E-state index contributed by atoms with van der Waals surface area (Å²) in [6, 6.07) is 8.08. The molecule has 0 bridgehead atoms. The predicted octanol–water partition coefficient (Wildman–Crippen LogP) is 0.903. The van der Waals surface area contributed by atoms with Gasteiger partial charge in [-0.05, 0) is 0 Å². The molecule has 0 amide bonds. The average molecular weight is 291 g/mol. The van der Waals surface area contributed by atoms with Crippen LogP contribution in [0.5, 0.6) is 5.75 Å². The van der Waals surface area contributed by atoms with Crippen LogP contribution in [0.2, 0.25) is 0 Å². The van der Waals surface area contributed by atoms with E-state index in [2.05, 4.69) is 17.0 Å². The summed E-state index contributed by atoms with van der Waals surface area (Å²) in [6.45, 7) is 0. The van der Waals surface area contributed by atoms with E-state index in [-0.39, 0.29) is 0 Å². The van der Waals surface area contributed by atoms with Crippen LogP contribution in [-0.2, 0) is 0 Å². The fourth-order valence-corrected chi connectivity index (χ4v) is 1.38. The third-order valence-corrected chi connectivity index (χ3v) is 3.46. The number of hydrogen-bond donors (Lipinski definition) is 0. The molecule has 0 radical (unpaired) electrons. The molecule has 0 saturated carbocycles. The Morgan fingerprint density at radius 1 is 1.23 bits per heavy atom. The van der Waals surface area contributed by atoms with Crippen LogP contribution in [0.1, 0.15) is 5.56 Å². The van der Waals surface area contributed by atoms with Gasteiger partial charge in [0.05, 0.1) is 0 Å². The molecule has 13 heavy (non-hydrogen) atoms. The first-order valence-corrected chi connectivity index (χ1v) is 5.17. The van der Waals surface area contributed by atoms with E-state index in [1.54, 1.807) is 7.11 Å². The molecule has 1 rings (SSSR count). The molecule has 1 aromatic rings. The summed E-state index contributed by atoms with van der Waals surface area (Å²) < 4.78 is 6.35. The molecule has 0 fully saturated rings. The molecule has 0 saturated heterocycles. The van der Waals surface area contributed by atoms with Crippen molar-refractivity contribution in [2.45, 2.75) is 0 Å². The number of rotatable bonds is 3. The number of hydrogen-bond acceptors (Lipinski definition) is 2. The first kappa shape index (κ1) is 10.6. The molecular weight excluding hydrogens is 278 g/mol. The van der Waals surface area contributed by atoms with Gasteiger partial charge < -0.3 is 0 Å². The topological polar surface area (TPSA) is 12.5 Å². The minimum absolute atomic E-state index is 0.900. The van der Waals surface area contributed by atoms with E-state index < -0.39 is 0 Å². The zero-order valence-electron chi connectivity index (χ0n) is 8.07. The van der Waals surface area contributed by atoms with E-state index >= 15 is 0 Å². The Labute approximate surface area is 91.9 Å². The van der Waals surface area contributed by atoms with Crippen LogP contribution in [0.25, 0.3) is 0 Å². The van der Waals surface area contributed by atoms with Gasteiger partial charge in [-0.1, -0.05) is 0 Å². The molecule has 0 N–H and O–H groups in total. The molecule has 0 aliphatic carbocycles. The Kier molecular flexibility index (Phi) is 3.77. The summed E-state index contributed by atoms with van der Waals surface area (Å²) in [7, 11) is 5.77. The maximum absolute atomic E-state index is 5.09. The summed E-state index contributed by atoms with van der Waals surface area (Å²) >= 11 is 2.02. The summed E-state index contributed by atoms with van der Waals surface area (Å²) in [5, 5.41) is 0. The fourth-order valence-electron chi connectivity index (χ4n) is 0.992. The van der Waals surface area contributed by atoms with Gasteiger partial charge in [-0.15, -0.1) is 0 Å². The maximum atomic E-state index is 5.09. The van der Waals surface area contributed by atoms with Gasteiger partial charge in [0.25, 0.3) is 0 Å². The van der Waals surface area contributed by atoms with Crippen molar-refractivity contribution in [3.8, 4) is 5.75 Å². The number of nitrogens with zero attached hydrogens (tertiary/aromatic N) is 1. The van der Waals surface area contributed by atoms with Crippen LogP contribution >= 0.6 is 0 Å². The van der Waals surface area contributed by atoms with Crippen molar-refractivity contribution < 1.29 is 4.74 Å². The Hall–Kier alpha value is -0.520. The van der Waals surface area contributed by atoms with Crippen LogP contribution in [-0.4, -0.2) is 51.6 Å². The molecule has 0 unspecified atom stereocenters. The van der Waals surface area contributed by atoms with Crippen molar-refractivity contribution in [3.63, 3.8) is 0 Å². The fraction of sp³-hybridized carbons (Fsp3) is 0.300. The second kappa shape index (κ2) is 4.64. The number of benzene rings is 1. The molecule has 1 aromatic carbocycles. The van der Waals surface area contributed by atoms with Crippen molar-refractivity contribution in [1.82, 2.24) is 4.90 Å². The Morgan fingerprint density at radius 2 is 1.77 bits per heavy atom. The molecular formula is C10H13NOTe. The average Bonchev–Trinajstić information content (AvgIpc) is 2.17. The van der Waals surface area contributed by atoms with E-state index in [0.717, 1.165) is 5.75 Å². The van der Waals surface area contributed by atoms with E-state index in [9.17, 15) is 0 Å². The van der Waals surface area contributed by atoms with E-state index in [0.29, 0.717) is 0 Å². The van der Waals surface area contributed by atoms with Gasteiger partial charge in [-0.25, -0.2) is 0 Å². The molecule has 70 valence electrons. The van der Waals surface area contributed by atoms with Gasteiger partial charge in [-0.2, -0.15) is 0 Å². The first-order valence-electron chi connectivity index (χ1n) is 4.01. The van der Waals surface area contributed by atoms with Crippen molar-refractivity contribution in [2.24, 2.45) is 0 Å². The van der Waals surface area contributed by atoms with Gasteiger partial charge in [0.15, 0.2) is 0 Å². The third kappa shape index (κ3) is 2.72. The van der Waals surface area contributed by atoms with E-state index in [1.165, 1.54) is 9.24 Å². The van der Waals surface area contributed by atoms with Gasteiger partial charge >= 0.3 is 91.9 Å². The van der Waals surface area contributed by atoms with Crippen molar-refractivity contribution in [3.05, 3.63) is 29.8 Å². The molecule has 2 nitrogen and oxygen atoms in total. The molecule has 3 heteroatoms. The summed E-state index contributed by atoms with van der Waals surface area (Å²) in [4.78, 5) is 2.10.